The number of carboxylic acid groups (broad SMARTS) is 1. The Kier molecular flexibility index (Phi) is 3.92. The highest BCUT2D eigenvalue weighted by Crippen LogP contribution is 2.16. The lowest BCUT2D eigenvalue weighted by Crippen LogP contribution is -1.96. The predicted octanol–water partition coefficient (Wildman–Crippen LogP) is 2.32. The summed E-state index contributed by atoms with van der Waals surface area (Å²) in [4.78, 5) is 10.2. The van der Waals surface area contributed by atoms with Crippen molar-refractivity contribution in [2.75, 3.05) is 6.61 Å². The first kappa shape index (κ1) is 11.3. The number of aryl methyl sites for hydroxylation is 2. The van der Waals surface area contributed by atoms with Gasteiger partial charge in [0.2, 0.25) is 0 Å². The Labute approximate surface area is 89.0 Å². The van der Waals surface area contributed by atoms with Crippen LogP contribution in [-0.2, 0) is 4.79 Å². The van der Waals surface area contributed by atoms with Crippen molar-refractivity contribution in [3.63, 3.8) is 0 Å². The Morgan fingerprint density at radius 1 is 1.40 bits per heavy atom. The molecule has 3 nitrogen and oxygen atoms in total. The van der Waals surface area contributed by atoms with Crippen LogP contribution in [0.4, 0.5) is 0 Å². The maximum atomic E-state index is 10.2. The smallest absolute Gasteiger partial charge is 0.328 e. The van der Waals surface area contributed by atoms with Crippen LogP contribution in [0.1, 0.15) is 11.1 Å². The molecule has 3 heteroatoms. The minimum atomic E-state index is -0.960. The predicted molar refractivity (Wildman–Crippen MR) is 58.2 cm³/mol. The summed E-state index contributed by atoms with van der Waals surface area (Å²) in [6.45, 7) is 4.31. The molecule has 1 aromatic rings. The molecule has 1 N–H and O–H groups in total. The van der Waals surface area contributed by atoms with Gasteiger partial charge in [-0.15, -0.1) is 0 Å². The fraction of sp³-hybridized carbons (Fsp3) is 0.250. The number of carboxylic acids is 1. The molecule has 0 saturated carbocycles. The van der Waals surface area contributed by atoms with E-state index >= 15 is 0 Å². The van der Waals surface area contributed by atoms with Gasteiger partial charge in [-0.05, 0) is 43.2 Å². The van der Waals surface area contributed by atoms with Crippen LogP contribution in [0.5, 0.6) is 5.75 Å². The van der Waals surface area contributed by atoms with Crippen LogP contribution >= 0.6 is 0 Å². The highest BCUT2D eigenvalue weighted by molar-refractivity contribution is 5.79. The lowest BCUT2D eigenvalue weighted by atomic mass is 10.1. The van der Waals surface area contributed by atoms with Crippen molar-refractivity contribution in [1.82, 2.24) is 0 Å². The van der Waals surface area contributed by atoms with Gasteiger partial charge in [-0.3, -0.25) is 0 Å². The number of ether oxygens (including phenoxy) is 1. The summed E-state index contributed by atoms with van der Waals surface area (Å²) in [7, 11) is 0. The zero-order valence-electron chi connectivity index (χ0n) is 8.86. The van der Waals surface area contributed by atoms with Crippen molar-refractivity contribution in [2.45, 2.75) is 13.8 Å². The Hall–Kier alpha value is -1.77. The van der Waals surface area contributed by atoms with Crippen LogP contribution in [0, 0.1) is 13.8 Å². The van der Waals surface area contributed by atoms with E-state index < -0.39 is 5.97 Å². The van der Waals surface area contributed by atoms with E-state index in [-0.39, 0.29) is 6.61 Å². The van der Waals surface area contributed by atoms with Crippen molar-refractivity contribution in [1.29, 1.82) is 0 Å². The molecule has 0 bridgehead atoms. The van der Waals surface area contributed by atoms with Crippen molar-refractivity contribution >= 4 is 5.97 Å². The average molecular weight is 206 g/mol. The van der Waals surface area contributed by atoms with Gasteiger partial charge >= 0.3 is 5.97 Å². The van der Waals surface area contributed by atoms with Crippen molar-refractivity contribution in [3.05, 3.63) is 41.5 Å². The van der Waals surface area contributed by atoms with E-state index in [1.165, 1.54) is 11.6 Å². The molecule has 0 heterocycles. The van der Waals surface area contributed by atoms with Gasteiger partial charge in [0.05, 0.1) is 0 Å². The van der Waals surface area contributed by atoms with E-state index in [0.717, 1.165) is 17.4 Å². The molecular formula is C12H14O3. The maximum absolute atomic E-state index is 10.2. The normalized spacial score (nSPS) is 10.5. The molecule has 0 aliphatic rings. The lowest BCUT2D eigenvalue weighted by molar-refractivity contribution is -0.131. The third-order valence-corrected chi connectivity index (χ3v) is 2.09. The van der Waals surface area contributed by atoms with E-state index in [9.17, 15) is 4.79 Å². The summed E-state index contributed by atoms with van der Waals surface area (Å²) in [5.74, 6) is -0.202. The molecule has 0 aliphatic carbocycles. The highest BCUT2D eigenvalue weighted by Gasteiger charge is 1.95. The largest absolute Gasteiger partial charge is 0.490 e. The minimum Gasteiger partial charge on any atom is -0.490 e. The zero-order chi connectivity index (χ0) is 11.3. The Morgan fingerprint density at radius 2 is 2.13 bits per heavy atom. The summed E-state index contributed by atoms with van der Waals surface area (Å²) in [5.41, 5.74) is 2.37. The molecule has 0 radical (unpaired) electrons. The second-order valence-corrected chi connectivity index (χ2v) is 3.30. The molecule has 0 atom stereocenters. The topological polar surface area (TPSA) is 46.5 Å². The summed E-state index contributed by atoms with van der Waals surface area (Å²) >= 11 is 0. The second-order valence-electron chi connectivity index (χ2n) is 3.30. The van der Waals surface area contributed by atoms with Gasteiger partial charge in [0.15, 0.2) is 0 Å². The minimum absolute atomic E-state index is 0.273. The van der Waals surface area contributed by atoms with Crippen molar-refractivity contribution in [3.8, 4) is 5.75 Å². The van der Waals surface area contributed by atoms with Gasteiger partial charge < -0.3 is 9.84 Å². The summed E-state index contributed by atoms with van der Waals surface area (Å²) in [6, 6.07) is 5.78. The van der Waals surface area contributed by atoms with E-state index in [2.05, 4.69) is 0 Å². The fourth-order valence-corrected chi connectivity index (χ4v) is 1.10. The molecular weight excluding hydrogens is 192 g/mol. The quantitative estimate of drug-likeness (QED) is 0.769. The van der Waals surface area contributed by atoms with Gasteiger partial charge in [-0.25, -0.2) is 4.79 Å². The van der Waals surface area contributed by atoms with Gasteiger partial charge in [-0.1, -0.05) is 6.07 Å². The fourth-order valence-electron chi connectivity index (χ4n) is 1.10. The zero-order valence-corrected chi connectivity index (χ0v) is 8.86. The number of rotatable bonds is 4. The molecule has 0 unspecified atom stereocenters. The lowest BCUT2D eigenvalue weighted by Gasteiger charge is -2.05. The molecule has 1 aromatic carbocycles. The molecule has 0 saturated heterocycles. The van der Waals surface area contributed by atoms with Crippen molar-refractivity contribution < 1.29 is 14.6 Å². The molecule has 0 spiro atoms. The van der Waals surface area contributed by atoms with Gasteiger partial charge in [0.25, 0.3) is 0 Å². The molecule has 0 fully saturated rings. The van der Waals surface area contributed by atoms with Gasteiger partial charge in [0, 0.05) is 6.08 Å². The van der Waals surface area contributed by atoms with Crippen LogP contribution in [0.25, 0.3) is 0 Å². The monoisotopic (exact) mass is 206 g/mol. The molecule has 0 amide bonds. The van der Waals surface area contributed by atoms with Crippen LogP contribution in [0.3, 0.4) is 0 Å². The van der Waals surface area contributed by atoms with Crippen LogP contribution < -0.4 is 4.74 Å². The van der Waals surface area contributed by atoms with E-state index in [4.69, 9.17) is 9.84 Å². The summed E-state index contributed by atoms with van der Waals surface area (Å²) in [6.07, 6.45) is 2.54. The van der Waals surface area contributed by atoms with Gasteiger partial charge in [-0.2, -0.15) is 0 Å². The van der Waals surface area contributed by atoms with Crippen molar-refractivity contribution in [2.24, 2.45) is 0 Å². The number of aliphatic carboxylic acids is 1. The number of hydrogen-bond donors (Lipinski definition) is 1. The van der Waals surface area contributed by atoms with Gasteiger partial charge in [0.1, 0.15) is 12.4 Å². The number of benzene rings is 1. The molecule has 15 heavy (non-hydrogen) atoms. The van der Waals surface area contributed by atoms with Crippen LogP contribution in [0.15, 0.2) is 30.4 Å². The Bertz CT molecular complexity index is 380. The molecule has 1 rings (SSSR count). The third-order valence-electron chi connectivity index (χ3n) is 2.09. The maximum Gasteiger partial charge on any atom is 0.328 e. The van der Waals surface area contributed by atoms with Crippen LogP contribution in [0.2, 0.25) is 0 Å². The van der Waals surface area contributed by atoms with E-state index in [1.807, 2.05) is 32.0 Å². The first-order chi connectivity index (χ1) is 7.09. The van der Waals surface area contributed by atoms with E-state index in [0.29, 0.717) is 0 Å². The SMILES string of the molecule is Cc1ccc(OC/C=C/C(=O)O)cc1C. The highest BCUT2D eigenvalue weighted by atomic mass is 16.5. The number of carbonyl (C=O) groups is 1. The first-order valence-corrected chi connectivity index (χ1v) is 4.69. The second kappa shape index (κ2) is 5.20. The summed E-state index contributed by atoms with van der Waals surface area (Å²) < 4.78 is 5.34. The number of hydrogen-bond acceptors (Lipinski definition) is 2. The summed E-state index contributed by atoms with van der Waals surface area (Å²) in [5, 5.41) is 8.35. The molecule has 0 aliphatic heterocycles. The van der Waals surface area contributed by atoms with E-state index in [1.54, 1.807) is 0 Å². The average Bonchev–Trinajstić information content (AvgIpc) is 2.18. The standard InChI is InChI=1S/C12H14O3/c1-9-5-6-11(8-10(9)2)15-7-3-4-12(13)14/h3-6,8H,7H2,1-2H3,(H,13,14)/b4-3+. The molecule has 0 aromatic heterocycles. The third kappa shape index (κ3) is 3.85. The first-order valence-electron chi connectivity index (χ1n) is 4.69. The Morgan fingerprint density at radius 3 is 2.73 bits per heavy atom. The Balaban J connectivity index is 2.51. The molecule has 80 valence electrons. The van der Waals surface area contributed by atoms with Crippen LogP contribution in [-0.4, -0.2) is 17.7 Å².